The van der Waals surface area contributed by atoms with Crippen molar-refractivity contribution in [3.63, 3.8) is 0 Å². The molecular formula is C24H33ClN4O4. The quantitative estimate of drug-likeness (QED) is 0.183. The standard InChI is InChI=1S/C24H33ClN4O4/c1-3-5-6-7-8-9-10-11-16-31-23(30)32-17-24(4-2)14-12-19(33-24)29-15-13-18-20(26)27-22(25)28-21(18)29/h2,13,15,19H,3,5-12,14,16-17H2,1H3,(H2,26,27,28). The summed E-state index contributed by atoms with van der Waals surface area (Å²) in [6, 6.07) is 1.80. The van der Waals surface area contributed by atoms with E-state index in [-0.39, 0.29) is 18.1 Å². The highest BCUT2D eigenvalue weighted by atomic mass is 35.5. The van der Waals surface area contributed by atoms with Crippen LogP contribution in [-0.2, 0) is 14.2 Å². The zero-order valence-corrected chi connectivity index (χ0v) is 20.0. The molecule has 2 unspecified atom stereocenters. The Morgan fingerprint density at radius 1 is 1.27 bits per heavy atom. The lowest BCUT2D eigenvalue weighted by atomic mass is 10.0. The molecule has 1 aliphatic heterocycles. The first kappa shape index (κ1) is 25.1. The van der Waals surface area contributed by atoms with Crippen LogP contribution in [0, 0.1) is 12.3 Å². The van der Waals surface area contributed by atoms with E-state index in [1.807, 2.05) is 10.8 Å². The van der Waals surface area contributed by atoms with E-state index in [9.17, 15) is 4.79 Å². The Labute approximate surface area is 200 Å². The summed E-state index contributed by atoms with van der Waals surface area (Å²) in [4.78, 5) is 20.2. The van der Waals surface area contributed by atoms with Gasteiger partial charge in [0.2, 0.25) is 5.28 Å². The number of unbranched alkanes of at least 4 members (excludes halogenated alkanes) is 7. The molecule has 180 valence electrons. The van der Waals surface area contributed by atoms with Crippen molar-refractivity contribution in [1.29, 1.82) is 0 Å². The SMILES string of the molecule is C#CC1(COC(=O)OCCCCCCCCCC)CCC(n2ccc3c(N)nc(Cl)nc32)O1. The molecule has 1 aliphatic rings. The third kappa shape index (κ3) is 6.75. The van der Waals surface area contributed by atoms with Gasteiger partial charge in [-0.1, -0.05) is 57.8 Å². The van der Waals surface area contributed by atoms with Gasteiger partial charge < -0.3 is 24.5 Å². The van der Waals surface area contributed by atoms with Gasteiger partial charge in [-0.05, 0) is 36.9 Å². The number of nitrogens with two attached hydrogens (primary N) is 1. The van der Waals surface area contributed by atoms with Crippen molar-refractivity contribution in [2.24, 2.45) is 0 Å². The van der Waals surface area contributed by atoms with E-state index in [0.717, 1.165) is 19.3 Å². The maximum Gasteiger partial charge on any atom is 0.508 e. The van der Waals surface area contributed by atoms with Crippen LogP contribution in [0.1, 0.15) is 77.4 Å². The number of nitrogens with zero attached hydrogens (tertiary/aromatic N) is 3. The van der Waals surface area contributed by atoms with Crippen LogP contribution in [0.2, 0.25) is 5.28 Å². The fourth-order valence-electron chi connectivity index (χ4n) is 4.05. The van der Waals surface area contributed by atoms with Crippen molar-refractivity contribution in [3.8, 4) is 12.3 Å². The van der Waals surface area contributed by atoms with Crippen molar-refractivity contribution in [1.82, 2.24) is 14.5 Å². The van der Waals surface area contributed by atoms with Crippen molar-refractivity contribution < 1.29 is 19.0 Å². The number of aromatic nitrogens is 3. The number of hydrogen-bond acceptors (Lipinski definition) is 7. The third-order valence-corrected chi connectivity index (χ3v) is 6.11. The van der Waals surface area contributed by atoms with Crippen molar-refractivity contribution in [2.75, 3.05) is 18.9 Å². The van der Waals surface area contributed by atoms with Gasteiger partial charge in [0, 0.05) is 6.20 Å². The Morgan fingerprint density at radius 3 is 2.73 bits per heavy atom. The lowest BCUT2D eigenvalue weighted by Gasteiger charge is -2.23. The maximum absolute atomic E-state index is 12.0. The molecule has 2 N–H and O–H groups in total. The van der Waals surface area contributed by atoms with Crippen molar-refractivity contribution >= 4 is 34.6 Å². The second-order valence-corrected chi connectivity index (χ2v) is 8.79. The van der Waals surface area contributed by atoms with Crippen LogP contribution in [0.15, 0.2) is 12.3 Å². The first-order valence-electron chi connectivity index (χ1n) is 11.7. The first-order chi connectivity index (χ1) is 16.0. The molecule has 2 aromatic rings. The number of hydrogen-bond donors (Lipinski definition) is 1. The van der Waals surface area contributed by atoms with Crippen LogP contribution in [0.3, 0.4) is 0 Å². The molecule has 0 radical (unpaired) electrons. The highest BCUT2D eigenvalue weighted by Crippen LogP contribution is 2.38. The van der Waals surface area contributed by atoms with Gasteiger partial charge in [0.05, 0.1) is 12.0 Å². The molecule has 0 aromatic carbocycles. The summed E-state index contributed by atoms with van der Waals surface area (Å²) in [6.45, 7) is 2.48. The molecule has 0 spiro atoms. The summed E-state index contributed by atoms with van der Waals surface area (Å²) in [5.41, 5.74) is 5.47. The number of terminal acetylenes is 1. The van der Waals surface area contributed by atoms with Crippen LogP contribution in [-0.4, -0.2) is 39.5 Å². The Hall–Kier alpha value is -2.50. The predicted molar refractivity (Wildman–Crippen MR) is 128 cm³/mol. The number of nitrogen functional groups attached to an aromatic ring is 1. The minimum atomic E-state index is -1.03. The molecule has 0 aliphatic carbocycles. The molecule has 8 nitrogen and oxygen atoms in total. The topological polar surface area (TPSA) is 101 Å². The number of carbonyl (C=O) groups is 1. The van der Waals surface area contributed by atoms with Crippen molar-refractivity contribution in [2.45, 2.75) is 83.0 Å². The molecule has 1 saturated heterocycles. The second-order valence-electron chi connectivity index (χ2n) is 8.45. The molecule has 9 heteroatoms. The Balaban J connectivity index is 1.42. The number of halogens is 1. The van der Waals surface area contributed by atoms with Gasteiger partial charge >= 0.3 is 6.16 Å². The van der Waals surface area contributed by atoms with Crippen LogP contribution < -0.4 is 5.73 Å². The first-order valence-corrected chi connectivity index (χ1v) is 12.1. The molecule has 1 fully saturated rings. The molecule has 33 heavy (non-hydrogen) atoms. The zero-order chi connectivity index (χ0) is 23.7. The average molecular weight is 477 g/mol. The minimum absolute atomic E-state index is 0.0590. The van der Waals surface area contributed by atoms with Crippen LogP contribution >= 0.6 is 11.6 Å². The number of fused-ring (bicyclic) bond motifs is 1. The highest BCUT2D eigenvalue weighted by molar-refractivity contribution is 6.28. The Kier molecular flexibility index (Phi) is 9.21. The largest absolute Gasteiger partial charge is 0.508 e. The summed E-state index contributed by atoms with van der Waals surface area (Å²) in [6.07, 6.45) is 17.0. The number of ether oxygens (including phenoxy) is 3. The van der Waals surface area contributed by atoms with E-state index in [1.54, 1.807) is 6.07 Å². The number of rotatable bonds is 12. The second kappa shape index (κ2) is 12.1. The van der Waals surface area contributed by atoms with Gasteiger partial charge in [-0.15, -0.1) is 6.42 Å². The maximum atomic E-state index is 12.0. The Morgan fingerprint density at radius 2 is 2.00 bits per heavy atom. The average Bonchev–Trinajstić information content (AvgIpc) is 3.41. The van der Waals surface area contributed by atoms with E-state index in [1.165, 1.54) is 32.1 Å². The summed E-state index contributed by atoms with van der Waals surface area (Å²) in [5, 5.41) is 0.741. The third-order valence-electron chi connectivity index (χ3n) is 5.95. The van der Waals surface area contributed by atoms with E-state index in [2.05, 4.69) is 22.8 Å². The van der Waals surface area contributed by atoms with Crippen LogP contribution in [0.25, 0.3) is 11.0 Å². The molecule has 3 heterocycles. The summed E-state index contributed by atoms with van der Waals surface area (Å²) >= 11 is 5.96. The van der Waals surface area contributed by atoms with Gasteiger partial charge in [0.25, 0.3) is 0 Å². The summed E-state index contributed by atoms with van der Waals surface area (Å²) in [5.74, 6) is 2.95. The molecule has 0 bridgehead atoms. The lowest BCUT2D eigenvalue weighted by molar-refractivity contribution is -0.0730. The van der Waals surface area contributed by atoms with Gasteiger partial charge in [-0.3, -0.25) is 0 Å². The number of carbonyl (C=O) groups excluding carboxylic acids is 1. The summed E-state index contributed by atoms with van der Waals surface area (Å²) in [7, 11) is 0. The van der Waals surface area contributed by atoms with E-state index in [4.69, 9.17) is 38.0 Å². The van der Waals surface area contributed by atoms with Crippen LogP contribution in [0.4, 0.5) is 10.6 Å². The fourth-order valence-corrected chi connectivity index (χ4v) is 4.23. The highest BCUT2D eigenvalue weighted by Gasteiger charge is 2.41. The van der Waals surface area contributed by atoms with E-state index < -0.39 is 11.8 Å². The smallest absolute Gasteiger partial charge is 0.434 e. The monoisotopic (exact) mass is 476 g/mol. The predicted octanol–water partition coefficient (Wildman–Crippen LogP) is 5.64. The fraction of sp³-hybridized carbons (Fsp3) is 0.625. The van der Waals surface area contributed by atoms with Crippen LogP contribution in [0.5, 0.6) is 0 Å². The molecular weight excluding hydrogens is 444 g/mol. The molecule has 2 aromatic heterocycles. The van der Waals surface area contributed by atoms with Gasteiger partial charge in [-0.25, -0.2) is 9.78 Å². The van der Waals surface area contributed by atoms with E-state index >= 15 is 0 Å². The summed E-state index contributed by atoms with van der Waals surface area (Å²) < 4.78 is 18.4. The van der Waals surface area contributed by atoms with Gasteiger partial charge in [0.1, 0.15) is 24.3 Å². The normalized spacial score (nSPS) is 20.1. The van der Waals surface area contributed by atoms with Gasteiger partial charge in [0.15, 0.2) is 5.60 Å². The molecule has 0 saturated carbocycles. The lowest BCUT2D eigenvalue weighted by Crippen LogP contribution is -2.34. The zero-order valence-electron chi connectivity index (χ0n) is 19.2. The molecule has 2 atom stereocenters. The van der Waals surface area contributed by atoms with Gasteiger partial charge in [-0.2, -0.15) is 4.98 Å². The minimum Gasteiger partial charge on any atom is -0.434 e. The number of anilines is 1. The Bertz CT molecular complexity index is 973. The van der Waals surface area contributed by atoms with E-state index in [0.29, 0.717) is 36.3 Å². The molecule has 0 amide bonds. The molecule has 3 rings (SSSR count). The van der Waals surface area contributed by atoms with Crippen molar-refractivity contribution in [3.05, 3.63) is 17.5 Å².